The molecule has 0 unspecified atom stereocenters. The van der Waals surface area contributed by atoms with E-state index in [0.717, 1.165) is 15.3 Å². The molecule has 0 saturated carbocycles. The lowest BCUT2D eigenvalue weighted by molar-refractivity contribution is -0.137. The zero-order valence-electron chi connectivity index (χ0n) is 10.3. The summed E-state index contributed by atoms with van der Waals surface area (Å²) in [4.78, 5) is 34.1. The standard InChI is InChI=1S/C11H13FN2O4/c1-4-18-9(15)5-8(12)7-6-13(2)11(17)14(3)10(7)16/h5-6H,4H2,1-3H3/b8-5+. The van der Waals surface area contributed by atoms with Crippen molar-refractivity contribution in [1.82, 2.24) is 9.13 Å². The summed E-state index contributed by atoms with van der Waals surface area (Å²) >= 11 is 0. The normalized spacial score (nSPS) is 11.4. The highest BCUT2D eigenvalue weighted by molar-refractivity contribution is 5.89. The van der Waals surface area contributed by atoms with Crippen molar-refractivity contribution in [3.8, 4) is 0 Å². The quantitative estimate of drug-likeness (QED) is 0.562. The second-order valence-corrected chi connectivity index (χ2v) is 3.54. The van der Waals surface area contributed by atoms with Gasteiger partial charge in [0.05, 0.1) is 18.2 Å². The Morgan fingerprint density at radius 3 is 2.61 bits per heavy atom. The number of carbonyl (C=O) groups is 1. The number of hydrogen-bond acceptors (Lipinski definition) is 4. The van der Waals surface area contributed by atoms with Crippen LogP contribution in [0.5, 0.6) is 0 Å². The van der Waals surface area contributed by atoms with Crippen LogP contribution in [0.15, 0.2) is 21.9 Å². The Morgan fingerprint density at radius 1 is 1.44 bits per heavy atom. The van der Waals surface area contributed by atoms with Gasteiger partial charge >= 0.3 is 11.7 Å². The molecule has 0 radical (unpaired) electrons. The lowest BCUT2D eigenvalue weighted by Gasteiger charge is -2.04. The van der Waals surface area contributed by atoms with Crippen molar-refractivity contribution in [2.24, 2.45) is 14.1 Å². The second kappa shape index (κ2) is 5.44. The van der Waals surface area contributed by atoms with Crippen LogP contribution in [0.3, 0.4) is 0 Å². The molecule has 0 atom stereocenters. The topological polar surface area (TPSA) is 70.3 Å². The van der Waals surface area contributed by atoms with Crippen LogP contribution in [-0.2, 0) is 23.6 Å². The van der Waals surface area contributed by atoms with Gasteiger partial charge in [-0.2, -0.15) is 0 Å². The fourth-order valence-electron chi connectivity index (χ4n) is 1.34. The first-order valence-electron chi connectivity index (χ1n) is 5.19. The fourth-order valence-corrected chi connectivity index (χ4v) is 1.34. The second-order valence-electron chi connectivity index (χ2n) is 3.54. The molecule has 6 nitrogen and oxygen atoms in total. The number of esters is 1. The lowest BCUT2D eigenvalue weighted by atomic mass is 10.2. The van der Waals surface area contributed by atoms with E-state index in [1.807, 2.05) is 0 Å². The molecule has 1 rings (SSSR count). The van der Waals surface area contributed by atoms with Gasteiger partial charge in [0.25, 0.3) is 5.56 Å². The zero-order chi connectivity index (χ0) is 13.9. The fraction of sp³-hybridized carbons (Fsp3) is 0.364. The summed E-state index contributed by atoms with van der Waals surface area (Å²) in [7, 11) is 2.61. The zero-order valence-corrected chi connectivity index (χ0v) is 10.3. The third-order valence-electron chi connectivity index (χ3n) is 2.23. The van der Waals surface area contributed by atoms with Crippen molar-refractivity contribution in [2.75, 3.05) is 6.61 Å². The van der Waals surface area contributed by atoms with Crippen LogP contribution < -0.4 is 11.2 Å². The minimum Gasteiger partial charge on any atom is -0.463 e. The maximum absolute atomic E-state index is 13.7. The highest BCUT2D eigenvalue weighted by atomic mass is 19.1. The number of aryl methyl sites for hydroxylation is 1. The smallest absolute Gasteiger partial charge is 0.333 e. The molecule has 1 heterocycles. The maximum Gasteiger partial charge on any atom is 0.333 e. The number of aromatic nitrogens is 2. The first-order valence-corrected chi connectivity index (χ1v) is 5.19. The third-order valence-corrected chi connectivity index (χ3v) is 2.23. The van der Waals surface area contributed by atoms with Crippen LogP contribution in [0.1, 0.15) is 12.5 Å². The van der Waals surface area contributed by atoms with Gasteiger partial charge < -0.3 is 9.30 Å². The van der Waals surface area contributed by atoms with E-state index in [2.05, 4.69) is 4.74 Å². The molecule has 0 aliphatic heterocycles. The van der Waals surface area contributed by atoms with Crippen LogP contribution >= 0.6 is 0 Å². The Kier molecular flexibility index (Phi) is 4.19. The van der Waals surface area contributed by atoms with E-state index < -0.39 is 23.0 Å². The van der Waals surface area contributed by atoms with Crippen LogP contribution in [0.25, 0.3) is 5.83 Å². The maximum atomic E-state index is 13.7. The summed E-state index contributed by atoms with van der Waals surface area (Å²) in [6.07, 6.45) is 1.61. The number of hydrogen-bond donors (Lipinski definition) is 0. The Labute approximate surface area is 102 Å². The number of carbonyl (C=O) groups excluding carboxylic acids is 1. The van der Waals surface area contributed by atoms with Gasteiger partial charge in [-0.25, -0.2) is 14.0 Å². The summed E-state index contributed by atoms with van der Waals surface area (Å²) < 4.78 is 20.0. The molecule has 0 bridgehead atoms. The van der Waals surface area contributed by atoms with Gasteiger partial charge in [-0.3, -0.25) is 9.36 Å². The summed E-state index contributed by atoms with van der Waals surface area (Å²) in [5.41, 5.74) is -1.75. The first-order chi connectivity index (χ1) is 8.38. The molecule has 1 aromatic heterocycles. The molecular weight excluding hydrogens is 243 g/mol. The van der Waals surface area contributed by atoms with Gasteiger partial charge in [0.15, 0.2) is 0 Å². The molecular formula is C11H13FN2O4. The van der Waals surface area contributed by atoms with Crippen molar-refractivity contribution in [3.05, 3.63) is 38.7 Å². The summed E-state index contributed by atoms with van der Waals surface area (Å²) in [6, 6.07) is 0. The van der Waals surface area contributed by atoms with E-state index in [4.69, 9.17) is 0 Å². The van der Waals surface area contributed by atoms with Gasteiger partial charge in [-0.05, 0) is 6.92 Å². The molecule has 7 heteroatoms. The molecule has 98 valence electrons. The van der Waals surface area contributed by atoms with E-state index in [-0.39, 0.29) is 12.2 Å². The van der Waals surface area contributed by atoms with E-state index >= 15 is 0 Å². The SMILES string of the molecule is CCOC(=O)/C=C(/F)c1cn(C)c(=O)n(C)c1=O. The molecule has 0 amide bonds. The minimum absolute atomic E-state index is 0.105. The highest BCUT2D eigenvalue weighted by Gasteiger charge is 2.13. The van der Waals surface area contributed by atoms with Gasteiger partial charge in [0, 0.05) is 20.3 Å². The Bertz CT molecular complexity index is 612. The predicted molar refractivity (Wildman–Crippen MR) is 62.6 cm³/mol. The Balaban J connectivity index is 3.31. The highest BCUT2D eigenvalue weighted by Crippen LogP contribution is 2.10. The average molecular weight is 256 g/mol. The molecule has 0 aliphatic carbocycles. The average Bonchev–Trinajstić information content (AvgIpc) is 2.31. The van der Waals surface area contributed by atoms with Crippen molar-refractivity contribution in [3.63, 3.8) is 0 Å². The number of halogens is 1. The van der Waals surface area contributed by atoms with Crippen molar-refractivity contribution in [1.29, 1.82) is 0 Å². The summed E-state index contributed by atoms with van der Waals surface area (Å²) in [6.45, 7) is 1.68. The molecule has 0 saturated heterocycles. The molecule has 0 N–H and O–H groups in total. The molecule has 0 spiro atoms. The summed E-state index contributed by atoms with van der Waals surface area (Å²) in [5, 5.41) is 0. The number of nitrogens with zero attached hydrogens (tertiary/aromatic N) is 2. The monoisotopic (exact) mass is 256 g/mol. The molecule has 0 fully saturated rings. The minimum atomic E-state index is -1.04. The first kappa shape index (κ1) is 13.9. The molecule has 0 aromatic carbocycles. The molecule has 18 heavy (non-hydrogen) atoms. The predicted octanol–water partition coefficient (Wildman–Crippen LogP) is -0.0425. The van der Waals surface area contributed by atoms with Gasteiger partial charge in [-0.15, -0.1) is 0 Å². The van der Waals surface area contributed by atoms with Gasteiger partial charge in [0.1, 0.15) is 5.83 Å². The molecule has 1 aromatic rings. The van der Waals surface area contributed by atoms with E-state index in [1.54, 1.807) is 6.92 Å². The van der Waals surface area contributed by atoms with Gasteiger partial charge in [0.2, 0.25) is 0 Å². The van der Waals surface area contributed by atoms with Crippen LogP contribution in [0.2, 0.25) is 0 Å². The van der Waals surface area contributed by atoms with E-state index in [9.17, 15) is 18.8 Å². The molecule has 0 aliphatic rings. The van der Waals surface area contributed by atoms with Crippen molar-refractivity contribution in [2.45, 2.75) is 6.92 Å². The van der Waals surface area contributed by atoms with Crippen LogP contribution in [0.4, 0.5) is 4.39 Å². The van der Waals surface area contributed by atoms with Crippen LogP contribution in [0, 0.1) is 0 Å². The number of ether oxygens (including phenoxy) is 1. The Hall–Kier alpha value is -2.18. The Morgan fingerprint density at radius 2 is 2.06 bits per heavy atom. The van der Waals surface area contributed by atoms with Crippen LogP contribution in [-0.4, -0.2) is 21.7 Å². The number of rotatable bonds is 3. The summed E-state index contributed by atoms with van der Waals surface area (Å²) in [5.74, 6) is -1.92. The van der Waals surface area contributed by atoms with E-state index in [1.165, 1.54) is 14.1 Å². The lowest BCUT2D eigenvalue weighted by Crippen LogP contribution is -2.38. The van der Waals surface area contributed by atoms with Gasteiger partial charge in [-0.1, -0.05) is 0 Å². The third kappa shape index (κ3) is 2.73. The van der Waals surface area contributed by atoms with Crippen molar-refractivity contribution >= 4 is 11.8 Å². The largest absolute Gasteiger partial charge is 0.463 e. The van der Waals surface area contributed by atoms with E-state index in [0.29, 0.717) is 6.08 Å². The van der Waals surface area contributed by atoms with Crippen molar-refractivity contribution < 1.29 is 13.9 Å².